The molecule has 0 saturated carbocycles. The first-order valence-corrected chi connectivity index (χ1v) is 11.2. The molecule has 5 N–H and O–H groups in total. The molecule has 11 heteroatoms. The molecule has 0 radical (unpaired) electrons. The minimum absolute atomic E-state index is 0.205. The van der Waals surface area contributed by atoms with Crippen LogP contribution in [0.1, 0.15) is 18.8 Å². The number of aliphatic carboxylic acids is 1. The Bertz CT molecular complexity index is 1520. The lowest BCUT2D eigenvalue weighted by Crippen LogP contribution is -2.28. The lowest BCUT2D eigenvalue weighted by molar-refractivity contribution is -0.139. The van der Waals surface area contributed by atoms with E-state index in [9.17, 15) is 14.4 Å². The number of carbonyl (C=O) groups is 2. The Morgan fingerprint density at radius 1 is 1.11 bits per heavy atom. The van der Waals surface area contributed by atoms with Gasteiger partial charge in [-0.15, -0.1) is 0 Å². The van der Waals surface area contributed by atoms with E-state index in [1.165, 1.54) is 4.57 Å². The number of para-hydroxylation sites is 2. The van der Waals surface area contributed by atoms with Gasteiger partial charge in [0.15, 0.2) is 6.61 Å². The van der Waals surface area contributed by atoms with E-state index in [1.807, 2.05) is 0 Å². The predicted octanol–water partition coefficient (Wildman–Crippen LogP) is 4.17. The molecule has 4 aromatic rings. The van der Waals surface area contributed by atoms with Gasteiger partial charge in [0.05, 0.1) is 33.3 Å². The number of hydrogen-bond acceptors (Lipinski definition) is 6. The van der Waals surface area contributed by atoms with Gasteiger partial charge in [0.1, 0.15) is 11.6 Å². The van der Waals surface area contributed by atoms with Crippen molar-refractivity contribution >= 4 is 45.9 Å². The molecule has 10 nitrogen and oxygen atoms in total. The minimum atomic E-state index is -1.14. The molecule has 0 aliphatic rings. The van der Waals surface area contributed by atoms with Gasteiger partial charge in [-0.1, -0.05) is 35.9 Å². The molecule has 1 aromatic heterocycles. The van der Waals surface area contributed by atoms with Crippen molar-refractivity contribution in [2.75, 3.05) is 17.2 Å². The number of nitrogens with two attached hydrogens (primary N) is 1. The van der Waals surface area contributed by atoms with Crippen LogP contribution in [0.4, 0.5) is 16.2 Å². The van der Waals surface area contributed by atoms with Gasteiger partial charge in [-0.2, -0.15) is 0 Å². The second-order valence-electron chi connectivity index (χ2n) is 7.84. The molecule has 36 heavy (non-hydrogen) atoms. The SMILES string of the molecule is CC(N)c1nc2cccc(Cl)c2c(=O)n1-c1cccc(NC(=O)Nc2ccccc2OCC(=O)O)c1. The summed E-state index contributed by atoms with van der Waals surface area (Å²) in [6.07, 6.45) is 0. The number of halogens is 1. The minimum Gasteiger partial charge on any atom is -0.480 e. The molecule has 0 spiro atoms. The topological polar surface area (TPSA) is 149 Å². The first-order chi connectivity index (χ1) is 17.2. The molecular formula is C25H22ClN5O5. The summed E-state index contributed by atoms with van der Waals surface area (Å²) in [5.41, 5.74) is 7.29. The van der Waals surface area contributed by atoms with Crippen molar-refractivity contribution in [1.29, 1.82) is 0 Å². The number of fused-ring (bicyclic) bond motifs is 1. The van der Waals surface area contributed by atoms with E-state index in [0.717, 1.165) is 0 Å². The monoisotopic (exact) mass is 507 g/mol. The maximum absolute atomic E-state index is 13.4. The fraction of sp³-hybridized carbons (Fsp3) is 0.120. The largest absolute Gasteiger partial charge is 0.480 e. The number of amides is 2. The standard InChI is InChI=1S/C25H22ClN5O5/c1-14(27)23-29-19-10-5-8-17(26)22(19)24(34)31(23)16-7-4-6-15(12-16)28-25(35)30-18-9-2-3-11-20(18)36-13-21(32)33/h2-12,14H,13,27H2,1H3,(H,32,33)(H2,28,30,35). The zero-order chi connectivity index (χ0) is 25.8. The zero-order valence-corrected chi connectivity index (χ0v) is 19.8. The normalized spacial score (nSPS) is 11.6. The van der Waals surface area contributed by atoms with Gasteiger partial charge in [-0.3, -0.25) is 9.36 Å². The third-order valence-corrected chi connectivity index (χ3v) is 5.44. The van der Waals surface area contributed by atoms with Crippen molar-refractivity contribution in [3.05, 3.63) is 87.9 Å². The molecule has 3 aromatic carbocycles. The van der Waals surface area contributed by atoms with Gasteiger partial charge < -0.3 is 26.2 Å². The Kier molecular flexibility index (Phi) is 7.18. The van der Waals surface area contributed by atoms with Crippen molar-refractivity contribution in [2.24, 2.45) is 5.73 Å². The lowest BCUT2D eigenvalue weighted by atomic mass is 10.2. The average Bonchev–Trinajstić information content (AvgIpc) is 2.83. The van der Waals surface area contributed by atoms with Crippen molar-refractivity contribution in [1.82, 2.24) is 9.55 Å². The average molecular weight is 508 g/mol. The highest BCUT2D eigenvalue weighted by Crippen LogP contribution is 2.25. The van der Waals surface area contributed by atoms with Gasteiger partial charge in [0.2, 0.25) is 0 Å². The van der Waals surface area contributed by atoms with Crippen LogP contribution < -0.4 is 26.7 Å². The number of carboxylic acid groups (broad SMARTS) is 1. The summed E-state index contributed by atoms with van der Waals surface area (Å²) in [4.78, 5) is 41.5. The Morgan fingerprint density at radius 2 is 1.86 bits per heavy atom. The number of aromatic nitrogens is 2. The van der Waals surface area contributed by atoms with Crippen LogP contribution in [0.15, 0.2) is 71.5 Å². The number of carboxylic acids is 1. The summed E-state index contributed by atoms with van der Waals surface area (Å²) in [6, 6.07) is 16.9. The number of carbonyl (C=O) groups excluding carboxylic acids is 1. The van der Waals surface area contributed by atoms with E-state index in [4.69, 9.17) is 27.2 Å². The van der Waals surface area contributed by atoms with Crippen molar-refractivity contribution < 1.29 is 19.4 Å². The quantitative estimate of drug-likeness (QED) is 0.293. The van der Waals surface area contributed by atoms with Crippen LogP contribution >= 0.6 is 11.6 Å². The van der Waals surface area contributed by atoms with Crippen molar-refractivity contribution in [2.45, 2.75) is 13.0 Å². The molecule has 0 saturated heterocycles. The number of urea groups is 1. The highest BCUT2D eigenvalue weighted by atomic mass is 35.5. The molecule has 0 aliphatic carbocycles. The predicted molar refractivity (Wildman–Crippen MR) is 137 cm³/mol. The van der Waals surface area contributed by atoms with Gasteiger partial charge in [0.25, 0.3) is 5.56 Å². The fourth-order valence-electron chi connectivity index (χ4n) is 3.60. The first kappa shape index (κ1) is 24.7. The highest BCUT2D eigenvalue weighted by molar-refractivity contribution is 6.35. The summed E-state index contributed by atoms with van der Waals surface area (Å²) in [6.45, 7) is 1.16. The number of anilines is 2. The van der Waals surface area contributed by atoms with E-state index in [2.05, 4.69) is 15.6 Å². The van der Waals surface area contributed by atoms with E-state index in [1.54, 1.807) is 73.7 Å². The van der Waals surface area contributed by atoms with Crippen LogP contribution in [-0.4, -0.2) is 33.3 Å². The molecule has 0 fully saturated rings. The number of hydrogen-bond donors (Lipinski definition) is 4. The summed E-state index contributed by atoms with van der Waals surface area (Å²) < 4.78 is 6.58. The summed E-state index contributed by atoms with van der Waals surface area (Å²) in [5, 5.41) is 14.7. The molecule has 4 rings (SSSR count). The van der Waals surface area contributed by atoms with Crippen molar-refractivity contribution in [3.8, 4) is 11.4 Å². The summed E-state index contributed by atoms with van der Waals surface area (Å²) in [7, 11) is 0. The third kappa shape index (κ3) is 5.29. The molecule has 0 bridgehead atoms. The zero-order valence-electron chi connectivity index (χ0n) is 19.1. The van der Waals surface area contributed by atoms with Gasteiger partial charge in [-0.25, -0.2) is 14.6 Å². The fourth-order valence-corrected chi connectivity index (χ4v) is 3.85. The number of rotatable bonds is 7. The van der Waals surface area contributed by atoms with Crippen LogP contribution in [0.2, 0.25) is 5.02 Å². The van der Waals surface area contributed by atoms with Crippen LogP contribution in [0.3, 0.4) is 0 Å². The Labute approximate surface area is 210 Å². The van der Waals surface area contributed by atoms with E-state index in [0.29, 0.717) is 22.7 Å². The van der Waals surface area contributed by atoms with Crippen molar-refractivity contribution in [3.63, 3.8) is 0 Å². The van der Waals surface area contributed by atoms with Gasteiger partial charge >= 0.3 is 12.0 Å². The number of nitrogens with zero attached hydrogens (tertiary/aromatic N) is 2. The maximum atomic E-state index is 13.4. The molecule has 1 heterocycles. The Morgan fingerprint density at radius 3 is 2.61 bits per heavy atom. The number of benzene rings is 3. The van der Waals surface area contributed by atoms with E-state index >= 15 is 0 Å². The molecule has 0 aliphatic heterocycles. The molecule has 184 valence electrons. The van der Waals surface area contributed by atoms with Crippen LogP contribution in [-0.2, 0) is 4.79 Å². The second-order valence-corrected chi connectivity index (χ2v) is 8.25. The highest BCUT2D eigenvalue weighted by Gasteiger charge is 2.18. The molecule has 1 unspecified atom stereocenters. The van der Waals surface area contributed by atoms with Crippen LogP contribution in [0.5, 0.6) is 5.75 Å². The third-order valence-electron chi connectivity index (χ3n) is 5.13. The molecule has 2 amide bonds. The lowest BCUT2D eigenvalue weighted by Gasteiger charge is -2.17. The molecular weight excluding hydrogens is 486 g/mol. The van der Waals surface area contributed by atoms with Gasteiger partial charge in [-0.05, 0) is 49.4 Å². The van der Waals surface area contributed by atoms with E-state index < -0.39 is 24.6 Å². The smallest absolute Gasteiger partial charge is 0.341 e. The van der Waals surface area contributed by atoms with Gasteiger partial charge in [0, 0.05) is 5.69 Å². The summed E-state index contributed by atoms with van der Waals surface area (Å²) in [5.74, 6) is -0.603. The second kappa shape index (κ2) is 10.5. The number of nitrogens with one attached hydrogen (secondary N) is 2. The maximum Gasteiger partial charge on any atom is 0.341 e. The van der Waals surface area contributed by atoms with Crippen LogP contribution in [0.25, 0.3) is 16.6 Å². The molecule has 1 atom stereocenters. The van der Waals surface area contributed by atoms with E-state index in [-0.39, 0.29) is 27.4 Å². The Hall–Kier alpha value is -4.41. The van der Waals surface area contributed by atoms with Crippen LogP contribution in [0, 0.1) is 0 Å². The first-order valence-electron chi connectivity index (χ1n) is 10.8. The number of ether oxygens (including phenoxy) is 1. The Balaban J connectivity index is 1.64. The summed E-state index contributed by atoms with van der Waals surface area (Å²) >= 11 is 6.29.